The molecule has 1 heterocycles. The number of anilines is 3. The second-order valence-electron chi connectivity index (χ2n) is 4.49. The number of hydrogen-bond donors (Lipinski definition) is 3. The average molecular weight is 381 g/mol. The maximum absolute atomic E-state index is 12.9. The Hall–Kier alpha value is -2.26. The van der Waals surface area contributed by atoms with E-state index in [2.05, 4.69) is 20.6 Å². The van der Waals surface area contributed by atoms with Crippen LogP contribution in [0.3, 0.4) is 0 Å². The summed E-state index contributed by atoms with van der Waals surface area (Å²) in [7, 11) is 0. The summed E-state index contributed by atoms with van der Waals surface area (Å²) in [6.07, 6.45) is -4.73. The van der Waals surface area contributed by atoms with Gasteiger partial charge in [0.2, 0.25) is 5.95 Å². The summed E-state index contributed by atoms with van der Waals surface area (Å²) in [6.45, 7) is -0.635. The lowest BCUT2D eigenvalue weighted by molar-refractivity contribution is -0.141. The van der Waals surface area contributed by atoms with E-state index in [0.717, 1.165) is 0 Å². The average Bonchev–Trinajstić information content (AvgIpc) is 2.42. The molecule has 24 heavy (non-hydrogen) atoms. The Morgan fingerprint density at radius 2 is 1.75 bits per heavy atom. The van der Waals surface area contributed by atoms with Gasteiger partial charge >= 0.3 is 12.1 Å². The third-order valence-electron chi connectivity index (χ3n) is 2.55. The minimum absolute atomic E-state index is 0.205. The van der Waals surface area contributed by atoms with E-state index in [-0.39, 0.29) is 15.9 Å². The SMILES string of the molecule is O=C(O)CNc1nc(Nc2cc(Cl)cc(Cl)c2)cc(C(F)(F)F)n1. The zero-order valence-corrected chi connectivity index (χ0v) is 13.2. The van der Waals surface area contributed by atoms with Gasteiger partial charge in [0.15, 0.2) is 5.69 Å². The van der Waals surface area contributed by atoms with Crippen LogP contribution in [0.1, 0.15) is 5.69 Å². The summed E-state index contributed by atoms with van der Waals surface area (Å²) in [5.74, 6) is -1.96. The number of alkyl halides is 3. The number of carbonyl (C=O) groups is 1. The van der Waals surface area contributed by atoms with Crippen molar-refractivity contribution in [1.82, 2.24) is 9.97 Å². The van der Waals surface area contributed by atoms with E-state index < -0.39 is 30.3 Å². The summed E-state index contributed by atoms with van der Waals surface area (Å²) in [6, 6.07) is 5.01. The molecule has 0 aliphatic heterocycles. The van der Waals surface area contributed by atoms with Gasteiger partial charge in [-0.25, -0.2) is 4.98 Å². The van der Waals surface area contributed by atoms with E-state index in [1.54, 1.807) is 0 Å². The van der Waals surface area contributed by atoms with Crippen LogP contribution in [0.25, 0.3) is 0 Å². The topological polar surface area (TPSA) is 87.1 Å². The van der Waals surface area contributed by atoms with Gasteiger partial charge in [0.1, 0.15) is 12.4 Å². The minimum atomic E-state index is -4.73. The van der Waals surface area contributed by atoms with Crippen molar-refractivity contribution in [3.05, 3.63) is 40.0 Å². The first-order chi connectivity index (χ1) is 11.1. The van der Waals surface area contributed by atoms with E-state index in [4.69, 9.17) is 28.3 Å². The monoisotopic (exact) mass is 380 g/mol. The lowest BCUT2D eigenvalue weighted by Gasteiger charge is -2.12. The Morgan fingerprint density at radius 3 is 2.29 bits per heavy atom. The number of carboxylic acid groups (broad SMARTS) is 1. The molecule has 0 aliphatic rings. The largest absolute Gasteiger partial charge is 0.480 e. The number of hydrogen-bond acceptors (Lipinski definition) is 5. The smallest absolute Gasteiger partial charge is 0.433 e. The second kappa shape index (κ2) is 7.10. The Balaban J connectivity index is 2.36. The van der Waals surface area contributed by atoms with Crippen molar-refractivity contribution in [2.45, 2.75) is 6.18 Å². The Bertz CT molecular complexity index is 751. The normalized spacial score (nSPS) is 11.2. The molecule has 0 spiro atoms. The van der Waals surface area contributed by atoms with Gasteiger partial charge in [0.25, 0.3) is 0 Å². The number of aliphatic carboxylic acids is 1. The van der Waals surface area contributed by atoms with Gasteiger partial charge in [0, 0.05) is 21.8 Å². The molecule has 2 rings (SSSR count). The van der Waals surface area contributed by atoms with Gasteiger partial charge in [0.05, 0.1) is 0 Å². The first-order valence-corrected chi connectivity index (χ1v) is 7.04. The van der Waals surface area contributed by atoms with Crippen LogP contribution in [0.4, 0.5) is 30.6 Å². The van der Waals surface area contributed by atoms with Crippen LogP contribution in [-0.2, 0) is 11.0 Å². The van der Waals surface area contributed by atoms with Gasteiger partial charge in [-0.15, -0.1) is 0 Å². The van der Waals surface area contributed by atoms with Crippen LogP contribution in [0.15, 0.2) is 24.3 Å². The third-order valence-corrected chi connectivity index (χ3v) is 2.99. The minimum Gasteiger partial charge on any atom is -0.480 e. The Kier molecular flexibility index (Phi) is 5.35. The molecule has 0 saturated carbocycles. The van der Waals surface area contributed by atoms with Crippen molar-refractivity contribution in [2.24, 2.45) is 0 Å². The Labute approximate surface area is 143 Å². The molecule has 2 aromatic rings. The van der Waals surface area contributed by atoms with Crippen LogP contribution in [-0.4, -0.2) is 27.6 Å². The standard InChI is InChI=1S/C13H9Cl2F3N4O2/c14-6-1-7(15)3-8(2-6)20-10-4-9(13(16,17)18)21-12(22-10)19-5-11(23)24/h1-4H,5H2,(H,23,24)(H2,19,20,21,22). The summed E-state index contributed by atoms with van der Waals surface area (Å²) in [4.78, 5) is 17.6. The lowest BCUT2D eigenvalue weighted by atomic mass is 10.3. The fourth-order valence-electron chi connectivity index (χ4n) is 1.66. The molecule has 1 aromatic heterocycles. The fourth-order valence-corrected chi connectivity index (χ4v) is 2.19. The van der Waals surface area contributed by atoms with Crippen molar-refractivity contribution in [2.75, 3.05) is 17.2 Å². The molecule has 0 amide bonds. The van der Waals surface area contributed by atoms with E-state index in [9.17, 15) is 18.0 Å². The lowest BCUT2D eigenvalue weighted by Crippen LogP contribution is -2.17. The predicted molar refractivity (Wildman–Crippen MR) is 82.9 cm³/mol. The fraction of sp³-hybridized carbons (Fsp3) is 0.154. The first kappa shape index (κ1) is 18.1. The van der Waals surface area contributed by atoms with Gasteiger partial charge in [-0.3, -0.25) is 4.79 Å². The highest BCUT2D eigenvalue weighted by molar-refractivity contribution is 6.35. The van der Waals surface area contributed by atoms with Gasteiger partial charge < -0.3 is 15.7 Å². The van der Waals surface area contributed by atoms with Gasteiger partial charge in [-0.05, 0) is 18.2 Å². The molecule has 128 valence electrons. The van der Waals surface area contributed by atoms with Crippen LogP contribution in [0.2, 0.25) is 10.0 Å². The maximum atomic E-state index is 12.9. The van der Waals surface area contributed by atoms with Crippen molar-refractivity contribution in [1.29, 1.82) is 0 Å². The Morgan fingerprint density at radius 1 is 1.12 bits per heavy atom. The highest BCUT2D eigenvalue weighted by atomic mass is 35.5. The second-order valence-corrected chi connectivity index (χ2v) is 5.36. The molecular formula is C13H9Cl2F3N4O2. The van der Waals surface area contributed by atoms with E-state index in [1.165, 1.54) is 18.2 Å². The van der Waals surface area contributed by atoms with Crippen LogP contribution in [0.5, 0.6) is 0 Å². The molecule has 0 unspecified atom stereocenters. The van der Waals surface area contributed by atoms with Gasteiger partial charge in [-0.2, -0.15) is 18.2 Å². The van der Waals surface area contributed by atoms with E-state index in [1.807, 2.05) is 0 Å². The molecular weight excluding hydrogens is 372 g/mol. The quantitative estimate of drug-likeness (QED) is 0.725. The molecule has 0 fully saturated rings. The molecule has 3 N–H and O–H groups in total. The van der Waals surface area contributed by atoms with Gasteiger partial charge in [-0.1, -0.05) is 23.2 Å². The molecule has 6 nitrogen and oxygen atoms in total. The summed E-state index contributed by atoms with van der Waals surface area (Å²) < 4.78 is 38.7. The van der Waals surface area contributed by atoms with Crippen LogP contribution in [0, 0.1) is 0 Å². The van der Waals surface area contributed by atoms with Crippen LogP contribution < -0.4 is 10.6 Å². The highest BCUT2D eigenvalue weighted by Crippen LogP contribution is 2.31. The van der Waals surface area contributed by atoms with E-state index >= 15 is 0 Å². The predicted octanol–water partition coefficient (Wildman–Crippen LogP) is 4.04. The first-order valence-electron chi connectivity index (χ1n) is 6.28. The number of carboxylic acids is 1. The van der Waals surface area contributed by atoms with Crippen molar-refractivity contribution < 1.29 is 23.1 Å². The molecule has 0 radical (unpaired) electrons. The zero-order chi connectivity index (χ0) is 17.9. The summed E-state index contributed by atoms with van der Waals surface area (Å²) in [5, 5.41) is 13.9. The number of nitrogens with zero attached hydrogens (tertiary/aromatic N) is 2. The molecule has 0 aliphatic carbocycles. The molecule has 11 heteroatoms. The highest BCUT2D eigenvalue weighted by Gasteiger charge is 2.33. The summed E-state index contributed by atoms with van der Waals surface area (Å²) in [5.41, 5.74) is -0.926. The molecule has 0 bridgehead atoms. The van der Waals surface area contributed by atoms with Crippen molar-refractivity contribution in [3.8, 4) is 0 Å². The van der Waals surface area contributed by atoms with Crippen LogP contribution >= 0.6 is 23.2 Å². The number of rotatable bonds is 5. The zero-order valence-electron chi connectivity index (χ0n) is 11.7. The van der Waals surface area contributed by atoms with E-state index in [0.29, 0.717) is 11.8 Å². The molecule has 0 atom stereocenters. The van der Waals surface area contributed by atoms with Crippen molar-refractivity contribution in [3.63, 3.8) is 0 Å². The number of halogens is 5. The number of aromatic nitrogens is 2. The number of benzene rings is 1. The van der Waals surface area contributed by atoms with Crippen molar-refractivity contribution >= 4 is 46.6 Å². The number of nitrogens with one attached hydrogen (secondary N) is 2. The molecule has 1 aromatic carbocycles. The summed E-state index contributed by atoms with van der Waals surface area (Å²) >= 11 is 11.6. The maximum Gasteiger partial charge on any atom is 0.433 e. The third kappa shape index (κ3) is 5.14. The molecule has 0 saturated heterocycles.